The van der Waals surface area contributed by atoms with Crippen molar-refractivity contribution in [3.63, 3.8) is 0 Å². The zero-order valence-electron chi connectivity index (χ0n) is 9.95. The largest absolute Gasteiger partial charge is 0.316 e. The monoisotopic (exact) mass is 236 g/mol. The number of benzene rings is 1. The van der Waals surface area contributed by atoms with Gasteiger partial charge in [0.05, 0.1) is 5.69 Å². The van der Waals surface area contributed by atoms with E-state index in [1.54, 1.807) is 23.1 Å². The molecule has 17 heavy (non-hydrogen) atoms. The summed E-state index contributed by atoms with van der Waals surface area (Å²) in [4.78, 5) is 13.7. The van der Waals surface area contributed by atoms with Crippen molar-refractivity contribution in [3.05, 3.63) is 30.1 Å². The molecule has 0 saturated carbocycles. The van der Waals surface area contributed by atoms with E-state index in [1.165, 1.54) is 6.07 Å². The lowest BCUT2D eigenvalue weighted by Gasteiger charge is -2.28. The predicted molar refractivity (Wildman–Crippen MR) is 65.4 cm³/mol. The molecule has 1 N–H and O–H groups in total. The molecule has 0 aliphatic carbocycles. The van der Waals surface area contributed by atoms with Crippen LogP contribution in [0.2, 0.25) is 0 Å². The number of carbonyl (C=O) groups excluding carboxylic acids is 1. The number of anilines is 1. The lowest BCUT2D eigenvalue weighted by molar-refractivity contribution is -0.122. The Morgan fingerprint density at radius 2 is 2.18 bits per heavy atom. The van der Waals surface area contributed by atoms with Crippen molar-refractivity contribution in [3.8, 4) is 0 Å². The molecule has 1 saturated heterocycles. The van der Waals surface area contributed by atoms with Gasteiger partial charge in [-0.3, -0.25) is 4.79 Å². The quantitative estimate of drug-likeness (QED) is 0.806. The SMILES string of the molecule is CC1CNCCCN(c2ccccc2F)C1=O. The lowest BCUT2D eigenvalue weighted by Crippen LogP contribution is -2.43. The minimum absolute atomic E-state index is 0.0118. The summed E-state index contributed by atoms with van der Waals surface area (Å²) >= 11 is 0. The second-order valence-electron chi connectivity index (χ2n) is 4.40. The van der Waals surface area contributed by atoms with Crippen LogP contribution in [-0.4, -0.2) is 25.5 Å². The van der Waals surface area contributed by atoms with Gasteiger partial charge in [0.1, 0.15) is 5.82 Å². The Morgan fingerprint density at radius 1 is 1.41 bits per heavy atom. The van der Waals surface area contributed by atoms with Crippen molar-refractivity contribution < 1.29 is 9.18 Å². The summed E-state index contributed by atoms with van der Waals surface area (Å²) in [7, 11) is 0. The fourth-order valence-corrected chi connectivity index (χ4v) is 2.05. The molecule has 1 fully saturated rings. The van der Waals surface area contributed by atoms with E-state index < -0.39 is 0 Å². The normalized spacial score (nSPS) is 22.1. The van der Waals surface area contributed by atoms with Crippen molar-refractivity contribution in [2.24, 2.45) is 5.92 Å². The second-order valence-corrected chi connectivity index (χ2v) is 4.40. The topological polar surface area (TPSA) is 32.3 Å². The Kier molecular flexibility index (Phi) is 3.74. The second kappa shape index (κ2) is 5.27. The summed E-state index contributed by atoms with van der Waals surface area (Å²) in [6.45, 7) is 3.96. The van der Waals surface area contributed by atoms with Crippen LogP contribution in [0.3, 0.4) is 0 Å². The Balaban J connectivity index is 2.28. The molecule has 1 aromatic rings. The molecule has 1 unspecified atom stereocenters. The molecule has 1 aliphatic heterocycles. The summed E-state index contributed by atoms with van der Waals surface area (Å²) in [5, 5.41) is 3.21. The van der Waals surface area contributed by atoms with E-state index in [2.05, 4.69) is 5.32 Å². The van der Waals surface area contributed by atoms with Gasteiger partial charge in [-0.15, -0.1) is 0 Å². The minimum atomic E-state index is -0.332. The number of hydrogen-bond acceptors (Lipinski definition) is 2. The third-order valence-electron chi connectivity index (χ3n) is 3.02. The predicted octanol–water partition coefficient (Wildman–Crippen LogP) is 1.79. The first-order valence-corrected chi connectivity index (χ1v) is 5.97. The van der Waals surface area contributed by atoms with Gasteiger partial charge in [0.15, 0.2) is 0 Å². The average Bonchev–Trinajstić information content (AvgIpc) is 2.32. The number of amides is 1. The summed E-state index contributed by atoms with van der Waals surface area (Å²) in [6.07, 6.45) is 0.840. The van der Waals surface area contributed by atoms with Crippen LogP contribution >= 0.6 is 0 Å². The molecule has 2 rings (SSSR count). The molecule has 4 heteroatoms. The first-order valence-electron chi connectivity index (χ1n) is 5.97. The Labute approximate surface area is 101 Å². The van der Waals surface area contributed by atoms with Crippen LogP contribution in [0.1, 0.15) is 13.3 Å². The van der Waals surface area contributed by atoms with Crippen molar-refractivity contribution in [2.75, 3.05) is 24.5 Å². The van der Waals surface area contributed by atoms with E-state index in [0.29, 0.717) is 18.8 Å². The van der Waals surface area contributed by atoms with Crippen LogP contribution in [0.4, 0.5) is 10.1 Å². The molecular formula is C13H17FN2O. The van der Waals surface area contributed by atoms with Gasteiger partial charge >= 0.3 is 0 Å². The van der Waals surface area contributed by atoms with Gasteiger partial charge in [-0.25, -0.2) is 4.39 Å². The van der Waals surface area contributed by atoms with Gasteiger partial charge in [0.2, 0.25) is 5.91 Å². The van der Waals surface area contributed by atoms with Crippen molar-refractivity contribution in [1.29, 1.82) is 0 Å². The van der Waals surface area contributed by atoms with Crippen LogP contribution in [0.25, 0.3) is 0 Å². The molecule has 0 spiro atoms. The molecule has 1 aliphatic rings. The van der Waals surface area contributed by atoms with E-state index in [1.807, 2.05) is 6.92 Å². The van der Waals surface area contributed by atoms with Crippen LogP contribution < -0.4 is 10.2 Å². The van der Waals surface area contributed by atoms with Gasteiger partial charge < -0.3 is 10.2 Å². The van der Waals surface area contributed by atoms with Gasteiger partial charge in [-0.1, -0.05) is 19.1 Å². The molecule has 0 radical (unpaired) electrons. The van der Waals surface area contributed by atoms with E-state index in [-0.39, 0.29) is 17.6 Å². The highest BCUT2D eigenvalue weighted by Crippen LogP contribution is 2.21. The number of rotatable bonds is 1. The molecule has 1 aromatic carbocycles. The van der Waals surface area contributed by atoms with E-state index in [4.69, 9.17) is 0 Å². The number of hydrogen-bond donors (Lipinski definition) is 1. The standard InChI is InChI=1S/C13H17FN2O/c1-10-9-15-7-4-8-16(13(10)17)12-6-3-2-5-11(12)14/h2-3,5-6,10,15H,4,7-9H2,1H3. The maximum atomic E-state index is 13.7. The van der Waals surface area contributed by atoms with Gasteiger partial charge in [0, 0.05) is 19.0 Å². The lowest BCUT2D eigenvalue weighted by atomic mass is 10.1. The smallest absolute Gasteiger partial charge is 0.231 e. The highest BCUT2D eigenvalue weighted by molar-refractivity contribution is 5.95. The third kappa shape index (κ3) is 2.64. The van der Waals surface area contributed by atoms with Crippen LogP contribution in [-0.2, 0) is 4.79 Å². The number of carbonyl (C=O) groups is 1. The third-order valence-corrected chi connectivity index (χ3v) is 3.02. The van der Waals surface area contributed by atoms with Crippen LogP contribution in [0.15, 0.2) is 24.3 Å². The Morgan fingerprint density at radius 3 is 2.94 bits per heavy atom. The first kappa shape index (κ1) is 12.0. The van der Waals surface area contributed by atoms with Crippen molar-refractivity contribution >= 4 is 11.6 Å². The summed E-state index contributed by atoms with van der Waals surface area (Å²) in [6, 6.07) is 6.45. The Hall–Kier alpha value is -1.42. The van der Waals surface area contributed by atoms with Crippen LogP contribution in [0.5, 0.6) is 0 Å². The van der Waals surface area contributed by atoms with Gasteiger partial charge in [-0.05, 0) is 25.1 Å². The summed E-state index contributed by atoms with van der Waals surface area (Å²) in [5.41, 5.74) is 0.395. The molecule has 1 amide bonds. The summed E-state index contributed by atoms with van der Waals surface area (Å²) in [5.74, 6) is -0.459. The van der Waals surface area contributed by atoms with Crippen molar-refractivity contribution in [2.45, 2.75) is 13.3 Å². The fourth-order valence-electron chi connectivity index (χ4n) is 2.05. The van der Waals surface area contributed by atoms with Gasteiger partial charge in [0.25, 0.3) is 0 Å². The molecular weight excluding hydrogens is 219 g/mol. The number of para-hydroxylation sites is 1. The molecule has 1 atom stereocenters. The van der Waals surface area contributed by atoms with E-state index in [0.717, 1.165) is 13.0 Å². The molecule has 0 bridgehead atoms. The highest BCUT2D eigenvalue weighted by Gasteiger charge is 2.24. The zero-order valence-corrected chi connectivity index (χ0v) is 9.95. The number of halogens is 1. The fraction of sp³-hybridized carbons (Fsp3) is 0.462. The molecule has 3 nitrogen and oxygen atoms in total. The summed E-state index contributed by atoms with van der Waals surface area (Å²) < 4.78 is 13.7. The average molecular weight is 236 g/mol. The van der Waals surface area contributed by atoms with E-state index >= 15 is 0 Å². The Bertz CT molecular complexity index is 408. The van der Waals surface area contributed by atoms with Crippen LogP contribution in [0, 0.1) is 11.7 Å². The number of nitrogens with one attached hydrogen (secondary N) is 1. The first-order chi connectivity index (χ1) is 8.20. The molecule has 1 heterocycles. The maximum Gasteiger partial charge on any atom is 0.231 e. The minimum Gasteiger partial charge on any atom is -0.316 e. The number of nitrogens with zero attached hydrogens (tertiary/aromatic N) is 1. The maximum absolute atomic E-state index is 13.7. The van der Waals surface area contributed by atoms with Gasteiger partial charge in [-0.2, -0.15) is 0 Å². The highest BCUT2D eigenvalue weighted by atomic mass is 19.1. The molecule has 92 valence electrons. The van der Waals surface area contributed by atoms with Crippen molar-refractivity contribution in [1.82, 2.24) is 5.32 Å². The molecule has 0 aromatic heterocycles. The zero-order chi connectivity index (χ0) is 12.3. The van der Waals surface area contributed by atoms with E-state index in [9.17, 15) is 9.18 Å².